The number of aldehydes is 1. The third-order valence-corrected chi connectivity index (χ3v) is 5.12. The maximum absolute atomic E-state index is 11.7. The number of hydrazine groups is 1. The van der Waals surface area contributed by atoms with Crippen LogP contribution in [0.15, 0.2) is 24.0 Å². The Labute approximate surface area is 283 Å². The van der Waals surface area contributed by atoms with Crippen molar-refractivity contribution in [1.82, 2.24) is 9.91 Å². The topological polar surface area (TPSA) is 176 Å². The van der Waals surface area contributed by atoms with Gasteiger partial charge >= 0.3 is 0 Å². The van der Waals surface area contributed by atoms with Crippen molar-refractivity contribution in [2.75, 3.05) is 139 Å². The molecule has 15 nitrogen and oxygen atoms in total. The van der Waals surface area contributed by atoms with Gasteiger partial charge in [0, 0.05) is 31.6 Å². The molecule has 280 valence electrons. The summed E-state index contributed by atoms with van der Waals surface area (Å²) in [6.45, 7) is 19.7. The maximum atomic E-state index is 11.7. The fourth-order valence-corrected chi connectivity index (χ4v) is 2.99. The van der Waals surface area contributed by atoms with Crippen LogP contribution in [0.25, 0.3) is 0 Å². The molecular weight excluding hydrogens is 616 g/mol. The second-order valence-corrected chi connectivity index (χ2v) is 8.73. The van der Waals surface area contributed by atoms with E-state index in [1.165, 1.54) is 22.2 Å². The quantitative estimate of drug-likeness (QED) is 0.0334. The lowest BCUT2D eigenvalue weighted by Crippen LogP contribution is -2.34. The van der Waals surface area contributed by atoms with E-state index in [2.05, 4.69) is 0 Å². The monoisotopic (exact) mass is 682 g/mol. The van der Waals surface area contributed by atoms with Crippen molar-refractivity contribution in [3.63, 3.8) is 0 Å². The highest BCUT2D eigenvalue weighted by Crippen LogP contribution is 1.95. The molecule has 0 heterocycles. The number of carbonyl (C=O) groups excluding carboxylic acids is 2. The molecule has 0 aromatic heterocycles. The van der Waals surface area contributed by atoms with Crippen LogP contribution in [0.5, 0.6) is 0 Å². The molecule has 4 N–H and O–H groups in total. The molecule has 1 amide bonds. The number of allylic oxidation sites excluding steroid dienone is 1. The predicted octanol–water partition coefficient (Wildman–Crippen LogP) is 1.40. The molecule has 0 aliphatic heterocycles. The first-order chi connectivity index (χ1) is 23.0. The van der Waals surface area contributed by atoms with Crippen molar-refractivity contribution < 1.29 is 52.2 Å². The first kappa shape index (κ1) is 49.2. The lowest BCUT2D eigenvalue weighted by Gasteiger charge is -2.18. The van der Waals surface area contributed by atoms with Crippen LogP contribution < -0.4 is 11.6 Å². The molecule has 0 aliphatic rings. The third kappa shape index (κ3) is 41.8. The van der Waals surface area contributed by atoms with Crippen molar-refractivity contribution in [3.05, 3.63) is 24.0 Å². The van der Waals surface area contributed by atoms with Gasteiger partial charge in [-0.2, -0.15) is 0 Å². The van der Waals surface area contributed by atoms with E-state index in [9.17, 15) is 9.59 Å². The molecule has 0 fully saturated rings. The number of nitrogens with two attached hydrogens (primary N) is 2. The number of ether oxygens (including phenoxy) is 9. The van der Waals surface area contributed by atoms with Gasteiger partial charge in [0.2, 0.25) is 5.91 Å². The Morgan fingerprint density at radius 2 is 0.915 bits per heavy atom. The minimum absolute atomic E-state index is 0.175. The predicted molar refractivity (Wildman–Crippen MR) is 182 cm³/mol. The number of amides is 1. The van der Waals surface area contributed by atoms with E-state index >= 15 is 0 Å². The van der Waals surface area contributed by atoms with Gasteiger partial charge in [0.1, 0.15) is 6.29 Å². The van der Waals surface area contributed by atoms with E-state index in [1.807, 2.05) is 34.6 Å². The summed E-state index contributed by atoms with van der Waals surface area (Å²) in [6, 6.07) is 0. The summed E-state index contributed by atoms with van der Waals surface area (Å²) in [5, 5.41) is 1.39. The highest BCUT2D eigenvalue weighted by molar-refractivity contribution is 5.90. The summed E-state index contributed by atoms with van der Waals surface area (Å²) < 4.78 is 48.7. The van der Waals surface area contributed by atoms with Crippen LogP contribution in [0.3, 0.4) is 0 Å². The zero-order chi connectivity index (χ0) is 35.6. The van der Waals surface area contributed by atoms with Crippen LogP contribution >= 0.6 is 0 Å². The molecule has 0 atom stereocenters. The number of hydrogen-bond acceptors (Lipinski definition) is 14. The van der Waals surface area contributed by atoms with Gasteiger partial charge in [-0.15, -0.1) is 0 Å². The molecule has 0 rings (SSSR count). The Hall–Kier alpha value is -2.18. The third-order valence-electron chi connectivity index (χ3n) is 5.12. The zero-order valence-electron chi connectivity index (χ0n) is 30.0. The van der Waals surface area contributed by atoms with Crippen LogP contribution in [0.4, 0.5) is 0 Å². The SMILES string of the molecule is CC.CC.CCOCCOCCOCCOCCOCCOCCOCCOCCOCCN(N)/C=C(\N)CN(C)C(=O)/C=C\C=O. The summed E-state index contributed by atoms with van der Waals surface area (Å²) in [5.74, 6) is 5.53. The molecule has 0 bridgehead atoms. The highest BCUT2D eigenvalue weighted by atomic mass is 16.6. The Kier molecular flexibility index (Phi) is 45.9. The molecule has 0 spiro atoms. The Bertz CT molecular complexity index is 704. The average molecular weight is 683 g/mol. The van der Waals surface area contributed by atoms with E-state index in [0.717, 1.165) is 6.08 Å². The fourth-order valence-electron chi connectivity index (χ4n) is 2.99. The summed E-state index contributed by atoms with van der Waals surface area (Å²) in [7, 11) is 1.57. The molecule has 0 unspecified atom stereocenters. The van der Waals surface area contributed by atoms with Crippen LogP contribution in [-0.2, 0) is 52.2 Å². The smallest absolute Gasteiger partial charge is 0.246 e. The standard InChI is InChI=1S/C28H54N4O11.2C2H6/c1-3-35-9-10-37-13-14-39-17-18-41-21-22-43-24-23-42-20-19-40-16-15-38-12-11-36-8-6-32(30)26-27(29)25-31(2)28(34)5-4-7-33;2*1-2/h4-5,7,26H,3,6,8-25,29-30H2,1-2H3;2*1-2H3/b5-4-,27-26-;;. The molecule has 47 heavy (non-hydrogen) atoms. The largest absolute Gasteiger partial charge is 0.399 e. The Morgan fingerprint density at radius 3 is 1.23 bits per heavy atom. The molecule has 0 radical (unpaired) electrons. The van der Waals surface area contributed by atoms with E-state index in [4.69, 9.17) is 54.2 Å². The molecule has 0 aliphatic carbocycles. The van der Waals surface area contributed by atoms with E-state index in [-0.39, 0.29) is 12.5 Å². The minimum Gasteiger partial charge on any atom is -0.399 e. The Balaban J connectivity index is -0.00000464. The lowest BCUT2D eigenvalue weighted by atomic mass is 10.4. The van der Waals surface area contributed by atoms with Gasteiger partial charge in [0.15, 0.2) is 0 Å². The van der Waals surface area contributed by atoms with Gasteiger partial charge in [0.25, 0.3) is 0 Å². The minimum atomic E-state index is -0.335. The van der Waals surface area contributed by atoms with Crippen LogP contribution in [-0.4, -0.2) is 161 Å². The van der Waals surface area contributed by atoms with Crippen molar-refractivity contribution in [2.45, 2.75) is 34.6 Å². The van der Waals surface area contributed by atoms with Crippen molar-refractivity contribution >= 4 is 12.2 Å². The number of rotatable bonds is 33. The molecular formula is C32H66N4O11. The molecule has 0 saturated carbocycles. The first-order valence-corrected chi connectivity index (χ1v) is 16.5. The molecule has 0 aromatic carbocycles. The number of nitrogens with zero attached hydrogens (tertiary/aromatic N) is 2. The van der Waals surface area contributed by atoms with E-state index < -0.39 is 0 Å². The molecule has 0 aromatic rings. The summed E-state index contributed by atoms with van der Waals surface area (Å²) in [6.07, 6.45) is 4.36. The van der Waals surface area contributed by atoms with Gasteiger partial charge in [-0.05, 0) is 13.0 Å². The molecule has 0 saturated heterocycles. The summed E-state index contributed by atoms with van der Waals surface area (Å²) >= 11 is 0. The maximum Gasteiger partial charge on any atom is 0.246 e. The van der Waals surface area contributed by atoms with Crippen LogP contribution in [0.2, 0.25) is 0 Å². The van der Waals surface area contributed by atoms with E-state index in [1.54, 1.807) is 7.05 Å². The van der Waals surface area contributed by atoms with Crippen molar-refractivity contribution in [2.24, 2.45) is 11.6 Å². The summed E-state index contributed by atoms with van der Waals surface area (Å²) in [4.78, 5) is 23.4. The first-order valence-electron chi connectivity index (χ1n) is 16.5. The summed E-state index contributed by atoms with van der Waals surface area (Å²) in [5.41, 5.74) is 6.29. The number of carbonyl (C=O) groups is 2. The highest BCUT2D eigenvalue weighted by Gasteiger charge is 2.06. The number of hydrogen-bond donors (Lipinski definition) is 2. The fraction of sp³-hybridized carbons (Fsp3) is 0.812. The van der Waals surface area contributed by atoms with Gasteiger partial charge < -0.3 is 58.3 Å². The second-order valence-electron chi connectivity index (χ2n) is 8.73. The van der Waals surface area contributed by atoms with Crippen LogP contribution in [0, 0.1) is 0 Å². The Morgan fingerprint density at radius 1 is 0.596 bits per heavy atom. The normalized spacial score (nSPS) is 11.1. The van der Waals surface area contributed by atoms with Gasteiger partial charge in [0.05, 0.1) is 125 Å². The average Bonchev–Trinajstić information content (AvgIpc) is 3.08. The number of likely N-dealkylation sites (N-methyl/N-ethyl adjacent to an activating group) is 1. The van der Waals surface area contributed by atoms with Gasteiger partial charge in [-0.3, -0.25) is 9.59 Å². The van der Waals surface area contributed by atoms with E-state index in [0.29, 0.717) is 137 Å². The zero-order valence-corrected chi connectivity index (χ0v) is 30.0. The lowest BCUT2D eigenvalue weighted by molar-refractivity contribution is -0.124. The second kappa shape index (κ2) is 43.8. The van der Waals surface area contributed by atoms with Crippen molar-refractivity contribution in [3.8, 4) is 0 Å². The van der Waals surface area contributed by atoms with Gasteiger partial charge in [-0.1, -0.05) is 27.7 Å². The van der Waals surface area contributed by atoms with Crippen LogP contribution in [0.1, 0.15) is 34.6 Å². The van der Waals surface area contributed by atoms with Gasteiger partial charge in [-0.25, -0.2) is 5.84 Å². The molecule has 15 heteroatoms. The van der Waals surface area contributed by atoms with Crippen molar-refractivity contribution in [1.29, 1.82) is 0 Å².